The molecule has 1 aromatic carbocycles. The number of aromatic carboxylic acids is 1. The first kappa shape index (κ1) is 15.6. The van der Waals surface area contributed by atoms with Gasteiger partial charge in [-0.15, -0.1) is 11.8 Å². The molecule has 0 unspecified atom stereocenters. The molecule has 2 rings (SSSR count). The van der Waals surface area contributed by atoms with Crippen molar-refractivity contribution >= 4 is 29.5 Å². The molecule has 0 spiro atoms. The van der Waals surface area contributed by atoms with Crippen LogP contribution in [-0.2, 0) is 9.59 Å². The van der Waals surface area contributed by atoms with Crippen LogP contribution in [0, 0.1) is 0 Å². The van der Waals surface area contributed by atoms with Crippen molar-refractivity contribution in [3.05, 3.63) is 29.8 Å². The molecule has 1 aliphatic rings. The fourth-order valence-electron chi connectivity index (χ4n) is 2.19. The van der Waals surface area contributed by atoms with E-state index in [1.165, 1.54) is 11.0 Å². The molecule has 5 nitrogen and oxygen atoms in total. The van der Waals surface area contributed by atoms with Gasteiger partial charge in [-0.25, -0.2) is 0 Å². The Balaban J connectivity index is 2.13. The van der Waals surface area contributed by atoms with Crippen LogP contribution >= 0.6 is 11.8 Å². The number of amides is 2. The molecule has 0 bridgehead atoms. The molecule has 1 saturated heterocycles. The van der Waals surface area contributed by atoms with E-state index in [0.717, 1.165) is 24.6 Å². The van der Waals surface area contributed by atoms with Gasteiger partial charge in [0.15, 0.2) is 0 Å². The van der Waals surface area contributed by atoms with Gasteiger partial charge in [0, 0.05) is 23.4 Å². The third-order valence-corrected chi connectivity index (χ3v) is 4.58. The zero-order valence-electron chi connectivity index (χ0n) is 11.7. The summed E-state index contributed by atoms with van der Waals surface area (Å²) in [7, 11) is 0. The second kappa shape index (κ2) is 6.76. The Hall–Kier alpha value is -1.82. The van der Waals surface area contributed by atoms with Crippen molar-refractivity contribution in [2.24, 2.45) is 0 Å². The van der Waals surface area contributed by atoms with Crippen LogP contribution in [0.4, 0.5) is 0 Å². The summed E-state index contributed by atoms with van der Waals surface area (Å²) in [5, 5.41) is 10.5. The quantitative estimate of drug-likeness (QED) is 0.735. The van der Waals surface area contributed by atoms with Gasteiger partial charge < -0.3 is 9.90 Å². The van der Waals surface area contributed by atoms with E-state index in [1.54, 1.807) is 18.2 Å². The SMILES string of the molecule is CCCCN1C(=O)C[C@@H](Sc2ccccc2C(=O)[O-])C1=O. The molecule has 1 heterocycles. The molecular formula is C15H16NO4S-. The molecule has 1 aromatic rings. The van der Waals surface area contributed by atoms with Crippen LogP contribution in [0.3, 0.4) is 0 Å². The van der Waals surface area contributed by atoms with Gasteiger partial charge in [0.25, 0.3) is 0 Å². The summed E-state index contributed by atoms with van der Waals surface area (Å²) in [4.78, 5) is 36.9. The second-order valence-corrected chi connectivity index (χ2v) is 6.08. The van der Waals surface area contributed by atoms with Gasteiger partial charge in [-0.1, -0.05) is 31.5 Å². The van der Waals surface area contributed by atoms with Gasteiger partial charge in [0.2, 0.25) is 11.8 Å². The highest BCUT2D eigenvalue weighted by molar-refractivity contribution is 8.00. The van der Waals surface area contributed by atoms with Crippen LogP contribution in [0.1, 0.15) is 36.5 Å². The molecule has 6 heteroatoms. The van der Waals surface area contributed by atoms with Crippen molar-refractivity contribution in [2.75, 3.05) is 6.54 Å². The standard InChI is InChI=1S/C15H17NO4S/c1-2-3-8-16-13(17)9-12(14(16)18)21-11-7-5-4-6-10(11)15(19)20/h4-7,12H,2-3,8-9H2,1H3,(H,19,20)/p-1/t12-/m1/s1. The van der Waals surface area contributed by atoms with E-state index in [2.05, 4.69) is 0 Å². The van der Waals surface area contributed by atoms with E-state index < -0.39 is 11.2 Å². The van der Waals surface area contributed by atoms with Gasteiger partial charge in [-0.3, -0.25) is 14.5 Å². The number of likely N-dealkylation sites (tertiary alicyclic amines) is 1. The minimum absolute atomic E-state index is 0.0507. The van der Waals surface area contributed by atoms with E-state index in [9.17, 15) is 19.5 Å². The lowest BCUT2D eigenvalue weighted by Gasteiger charge is -2.15. The summed E-state index contributed by atoms with van der Waals surface area (Å²) in [6.07, 6.45) is 1.81. The number of rotatable bonds is 6. The molecule has 1 atom stereocenters. The number of carboxylic acid groups (broad SMARTS) is 1. The van der Waals surface area contributed by atoms with Crippen LogP contribution < -0.4 is 5.11 Å². The molecule has 0 N–H and O–H groups in total. The first-order chi connectivity index (χ1) is 10.0. The van der Waals surface area contributed by atoms with Gasteiger partial charge in [-0.05, 0) is 12.5 Å². The van der Waals surface area contributed by atoms with Crippen molar-refractivity contribution in [1.82, 2.24) is 4.90 Å². The fourth-order valence-corrected chi connectivity index (χ4v) is 3.38. The number of hydrogen-bond acceptors (Lipinski definition) is 5. The summed E-state index contributed by atoms with van der Waals surface area (Å²) < 4.78 is 0. The Morgan fingerprint density at radius 3 is 2.76 bits per heavy atom. The lowest BCUT2D eigenvalue weighted by atomic mass is 10.2. The van der Waals surface area contributed by atoms with Gasteiger partial charge in [0.1, 0.15) is 0 Å². The van der Waals surface area contributed by atoms with Crippen molar-refractivity contribution in [3.63, 3.8) is 0 Å². The van der Waals surface area contributed by atoms with E-state index in [1.807, 2.05) is 6.92 Å². The fraction of sp³-hybridized carbons (Fsp3) is 0.400. The molecule has 0 radical (unpaired) electrons. The van der Waals surface area contributed by atoms with E-state index in [-0.39, 0.29) is 23.8 Å². The number of hydrogen-bond donors (Lipinski definition) is 0. The highest BCUT2D eigenvalue weighted by atomic mass is 32.2. The minimum atomic E-state index is -1.28. The maximum Gasteiger partial charge on any atom is 0.243 e. The molecule has 112 valence electrons. The highest BCUT2D eigenvalue weighted by Gasteiger charge is 2.38. The number of nitrogens with zero attached hydrogens (tertiary/aromatic N) is 1. The Morgan fingerprint density at radius 1 is 1.38 bits per heavy atom. The van der Waals surface area contributed by atoms with Crippen molar-refractivity contribution in [1.29, 1.82) is 0 Å². The number of carbonyl (C=O) groups excluding carboxylic acids is 3. The summed E-state index contributed by atoms with van der Waals surface area (Å²) in [6.45, 7) is 2.43. The number of carboxylic acids is 1. The highest BCUT2D eigenvalue weighted by Crippen LogP contribution is 2.33. The summed E-state index contributed by atoms with van der Waals surface area (Å²) in [6, 6.07) is 6.37. The van der Waals surface area contributed by atoms with E-state index in [0.29, 0.717) is 11.4 Å². The third-order valence-electron chi connectivity index (χ3n) is 3.31. The third kappa shape index (κ3) is 3.44. The summed E-state index contributed by atoms with van der Waals surface area (Å²) in [5.41, 5.74) is 0.0507. The second-order valence-electron chi connectivity index (χ2n) is 4.83. The molecule has 1 fully saturated rings. The molecule has 21 heavy (non-hydrogen) atoms. The maximum atomic E-state index is 12.2. The molecule has 0 saturated carbocycles. The molecule has 0 aromatic heterocycles. The zero-order chi connectivity index (χ0) is 15.4. The van der Waals surface area contributed by atoms with Crippen LogP contribution in [0.2, 0.25) is 0 Å². The van der Waals surface area contributed by atoms with Gasteiger partial charge >= 0.3 is 0 Å². The minimum Gasteiger partial charge on any atom is -0.545 e. The number of unbranched alkanes of at least 4 members (excludes halogenated alkanes) is 1. The first-order valence-electron chi connectivity index (χ1n) is 6.85. The molecular weight excluding hydrogens is 290 g/mol. The topological polar surface area (TPSA) is 77.5 Å². The van der Waals surface area contributed by atoms with Gasteiger partial charge in [-0.2, -0.15) is 0 Å². The summed E-state index contributed by atoms with van der Waals surface area (Å²) >= 11 is 1.12. The first-order valence-corrected chi connectivity index (χ1v) is 7.73. The summed E-state index contributed by atoms with van der Waals surface area (Å²) in [5.74, 6) is -1.69. The predicted octanol–water partition coefficient (Wildman–Crippen LogP) is 1.07. The maximum absolute atomic E-state index is 12.2. The molecule has 1 aliphatic heterocycles. The van der Waals surface area contributed by atoms with Crippen LogP contribution in [0.15, 0.2) is 29.2 Å². The number of benzene rings is 1. The predicted molar refractivity (Wildman–Crippen MR) is 76.7 cm³/mol. The average Bonchev–Trinajstić information content (AvgIpc) is 2.72. The average molecular weight is 306 g/mol. The van der Waals surface area contributed by atoms with E-state index >= 15 is 0 Å². The van der Waals surface area contributed by atoms with Crippen LogP contribution in [-0.4, -0.2) is 34.5 Å². The van der Waals surface area contributed by atoms with E-state index in [4.69, 9.17) is 0 Å². The molecule has 0 aliphatic carbocycles. The number of imide groups is 1. The zero-order valence-corrected chi connectivity index (χ0v) is 12.5. The lowest BCUT2D eigenvalue weighted by molar-refractivity contribution is -0.255. The Kier molecular flexibility index (Phi) is 5.01. The normalized spacial score (nSPS) is 18.3. The largest absolute Gasteiger partial charge is 0.545 e. The Bertz CT molecular complexity index is 573. The van der Waals surface area contributed by atoms with Crippen LogP contribution in [0.25, 0.3) is 0 Å². The Morgan fingerprint density at radius 2 is 2.10 bits per heavy atom. The van der Waals surface area contributed by atoms with Crippen LogP contribution in [0.5, 0.6) is 0 Å². The number of thioether (sulfide) groups is 1. The molecule has 2 amide bonds. The van der Waals surface area contributed by atoms with Crippen molar-refractivity contribution in [3.8, 4) is 0 Å². The van der Waals surface area contributed by atoms with Crippen molar-refractivity contribution < 1.29 is 19.5 Å². The number of carbonyl (C=O) groups is 3. The van der Waals surface area contributed by atoms with Crippen molar-refractivity contribution in [2.45, 2.75) is 36.3 Å². The smallest absolute Gasteiger partial charge is 0.243 e. The Labute approximate surface area is 127 Å². The monoisotopic (exact) mass is 306 g/mol. The van der Waals surface area contributed by atoms with Gasteiger partial charge in [0.05, 0.1) is 11.2 Å². The lowest BCUT2D eigenvalue weighted by Crippen LogP contribution is -2.32.